The van der Waals surface area contributed by atoms with Crippen LogP contribution in [0, 0.1) is 5.92 Å². The first-order chi connectivity index (χ1) is 10.1. The van der Waals surface area contributed by atoms with Gasteiger partial charge < -0.3 is 16.0 Å². The van der Waals surface area contributed by atoms with E-state index in [1.807, 2.05) is 11.7 Å². The van der Waals surface area contributed by atoms with Crippen molar-refractivity contribution in [1.29, 1.82) is 0 Å². The first kappa shape index (κ1) is 13.9. The number of aromatic amines is 1. The van der Waals surface area contributed by atoms with Crippen LogP contribution in [0.3, 0.4) is 0 Å². The van der Waals surface area contributed by atoms with E-state index in [1.54, 1.807) is 17.7 Å². The molecule has 3 rings (SSSR count). The summed E-state index contributed by atoms with van der Waals surface area (Å²) in [6, 6.07) is 0.00972. The van der Waals surface area contributed by atoms with Gasteiger partial charge in [-0.05, 0) is 5.92 Å². The highest BCUT2D eigenvalue weighted by atomic mass is 32.1. The maximum atomic E-state index is 5.97. The van der Waals surface area contributed by atoms with Gasteiger partial charge >= 0.3 is 0 Å². The van der Waals surface area contributed by atoms with Crippen molar-refractivity contribution in [2.24, 2.45) is 5.92 Å². The fourth-order valence-corrected chi connectivity index (χ4v) is 2.72. The van der Waals surface area contributed by atoms with E-state index in [1.165, 1.54) is 4.88 Å². The molecule has 110 valence electrons. The molecule has 21 heavy (non-hydrogen) atoms. The molecule has 0 saturated carbocycles. The molecule has 3 heterocycles. The molecule has 8 heteroatoms. The van der Waals surface area contributed by atoms with Crippen molar-refractivity contribution < 1.29 is 0 Å². The van der Waals surface area contributed by atoms with Gasteiger partial charge in [-0.3, -0.25) is 4.98 Å². The lowest BCUT2D eigenvalue weighted by atomic mass is 10.0. The van der Waals surface area contributed by atoms with Crippen LogP contribution in [0.4, 0.5) is 5.82 Å². The number of anilines is 1. The zero-order valence-electron chi connectivity index (χ0n) is 11.9. The Morgan fingerprint density at radius 3 is 2.95 bits per heavy atom. The van der Waals surface area contributed by atoms with E-state index in [4.69, 9.17) is 5.73 Å². The van der Waals surface area contributed by atoms with Gasteiger partial charge in [-0.2, -0.15) is 0 Å². The molecule has 1 atom stereocenters. The average molecular weight is 303 g/mol. The standard InChI is InChI=1S/C13H17N7S/c1-7(2)9(16-4-8-3-15-6-21-8)13-19-11(14)10-12(20-13)18-5-17-10/h3,5-7,9,16H,4H2,1-2H3,(H3,14,17,18,19,20). The lowest BCUT2D eigenvalue weighted by Gasteiger charge is -2.20. The molecule has 7 nitrogen and oxygen atoms in total. The fourth-order valence-electron chi connectivity index (χ4n) is 2.18. The zero-order chi connectivity index (χ0) is 14.8. The van der Waals surface area contributed by atoms with Gasteiger partial charge in [-0.25, -0.2) is 15.0 Å². The van der Waals surface area contributed by atoms with E-state index in [2.05, 4.69) is 44.1 Å². The van der Waals surface area contributed by atoms with Crippen LogP contribution in [0.2, 0.25) is 0 Å². The Kier molecular flexibility index (Phi) is 3.80. The van der Waals surface area contributed by atoms with Gasteiger partial charge in [0.25, 0.3) is 0 Å². The largest absolute Gasteiger partial charge is 0.382 e. The number of aromatic nitrogens is 5. The molecular weight excluding hydrogens is 286 g/mol. The summed E-state index contributed by atoms with van der Waals surface area (Å²) < 4.78 is 0. The summed E-state index contributed by atoms with van der Waals surface area (Å²) in [5, 5.41) is 3.47. The van der Waals surface area contributed by atoms with Gasteiger partial charge in [0.15, 0.2) is 17.3 Å². The monoisotopic (exact) mass is 303 g/mol. The van der Waals surface area contributed by atoms with Crippen LogP contribution < -0.4 is 11.1 Å². The third-order valence-electron chi connectivity index (χ3n) is 3.26. The van der Waals surface area contributed by atoms with E-state index >= 15 is 0 Å². The zero-order valence-corrected chi connectivity index (χ0v) is 12.7. The second-order valence-electron chi connectivity index (χ2n) is 5.14. The Morgan fingerprint density at radius 2 is 2.24 bits per heavy atom. The Hall–Kier alpha value is -2.06. The molecule has 0 aromatic carbocycles. The van der Waals surface area contributed by atoms with Crippen molar-refractivity contribution in [3.63, 3.8) is 0 Å². The highest BCUT2D eigenvalue weighted by molar-refractivity contribution is 7.09. The Bertz CT molecular complexity index is 719. The molecular formula is C13H17N7S. The van der Waals surface area contributed by atoms with Crippen molar-refractivity contribution in [2.45, 2.75) is 26.4 Å². The van der Waals surface area contributed by atoms with Crippen LogP contribution in [0.25, 0.3) is 11.2 Å². The third-order valence-corrected chi connectivity index (χ3v) is 4.04. The van der Waals surface area contributed by atoms with Crippen LogP contribution in [0.1, 0.15) is 30.6 Å². The molecule has 0 amide bonds. The molecule has 1 unspecified atom stereocenters. The van der Waals surface area contributed by atoms with Crippen molar-refractivity contribution in [3.8, 4) is 0 Å². The first-order valence-electron chi connectivity index (χ1n) is 6.72. The molecule has 0 saturated heterocycles. The van der Waals surface area contributed by atoms with Crippen LogP contribution in [0.15, 0.2) is 18.0 Å². The molecule has 0 fully saturated rings. The van der Waals surface area contributed by atoms with Gasteiger partial charge in [0, 0.05) is 17.6 Å². The molecule has 3 aromatic heterocycles. The predicted octanol–water partition coefficient (Wildman–Crippen LogP) is 1.88. The maximum absolute atomic E-state index is 5.97. The van der Waals surface area contributed by atoms with Crippen LogP contribution in [-0.2, 0) is 6.54 Å². The van der Waals surface area contributed by atoms with E-state index in [-0.39, 0.29) is 6.04 Å². The summed E-state index contributed by atoms with van der Waals surface area (Å²) in [4.78, 5) is 21.3. The van der Waals surface area contributed by atoms with E-state index < -0.39 is 0 Å². The lowest BCUT2D eigenvalue weighted by Crippen LogP contribution is -2.27. The van der Waals surface area contributed by atoms with Gasteiger partial charge in [-0.15, -0.1) is 11.3 Å². The minimum absolute atomic E-state index is 0.00972. The molecule has 0 bridgehead atoms. The molecule has 0 aliphatic rings. The van der Waals surface area contributed by atoms with Gasteiger partial charge in [0.05, 0.1) is 17.9 Å². The van der Waals surface area contributed by atoms with Crippen molar-refractivity contribution >= 4 is 28.3 Å². The van der Waals surface area contributed by atoms with E-state index in [0.717, 1.165) is 6.54 Å². The minimum atomic E-state index is 0.00972. The molecule has 0 radical (unpaired) electrons. The van der Waals surface area contributed by atoms with Crippen molar-refractivity contribution in [3.05, 3.63) is 28.7 Å². The average Bonchev–Trinajstić information content (AvgIpc) is 3.09. The van der Waals surface area contributed by atoms with Crippen LogP contribution in [-0.4, -0.2) is 24.9 Å². The number of nitrogens with two attached hydrogens (primary N) is 1. The number of nitrogens with zero attached hydrogens (tertiary/aromatic N) is 4. The SMILES string of the molecule is CC(C)C(NCc1cncs1)c1nc(N)c2[nH]cnc2n1. The highest BCUT2D eigenvalue weighted by Gasteiger charge is 2.20. The van der Waals surface area contributed by atoms with Gasteiger partial charge in [0.1, 0.15) is 5.52 Å². The Balaban J connectivity index is 1.87. The van der Waals surface area contributed by atoms with Crippen LogP contribution >= 0.6 is 11.3 Å². The van der Waals surface area contributed by atoms with Crippen LogP contribution in [0.5, 0.6) is 0 Å². The quantitative estimate of drug-likeness (QED) is 0.664. The van der Waals surface area contributed by atoms with E-state index in [9.17, 15) is 0 Å². The number of imidazole rings is 1. The number of hydrogen-bond donors (Lipinski definition) is 3. The first-order valence-corrected chi connectivity index (χ1v) is 7.60. The molecule has 0 aliphatic heterocycles. The normalized spacial score (nSPS) is 13.1. The predicted molar refractivity (Wildman–Crippen MR) is 82.6 cm³/mol. The second-order valence-corrected chi connectivity index (χ2v) is 6.11. The summed E-state index contributed by atoms with van der Waals surface area (Å²) in [7, 11) is 0. The number of H-pyrrole nitrogens is 1. The molecule has 4 N–H and O–H groups in total. The van der Waals surface area contributed by atoms with Gasteiger partial charge in [0.2, 0.25) is 0 Å². The fraction of sp³-hybridized carbons (Fsp3) is 0.385. The Labute approximate surface area is 126 Å². The number of fused-ring (bicyclic) bond motifs is 1. The topological polar surface area (TPSA) is 105 Å². The Morgan fingerprint density at radius 1 is 1.38 bits per heavy atom. The van der Waals surface area contributed by atoms with Crippen molar-refractivity contribution in [2.75, 3.05) is 5.73 Å². The summed E-state index contributed by atoms with van der Waals surface area (Å²) in [6.45, 7) is 4.98. The summed E-state index contributed by atoms with van der Waals surface area (Å²) >= 11 is 1.62. The lowest BCUT2D eigenvalue weighted by molar-refractivity contribution is 0.395. The summed E-state index contributed by atoms with van der Waals surface area (Å²) in [5.74, 6) is 1.43. The number of nitrogen functional groups attached to an aromatic ring is 1. The van der Waals surface area contributed by atoms with Gasteiger partial charge in [-0.1, -0.05) is 13.8 Å². The van der Waals surface area contributed by atoms with E-state index in [0.29, 0.717) is 28.7 Å². The number of thiazole rings is 1. The number of hydrogen-bond acceptors (Lipinski definition) is 7. The number of rotatable bonds is 5. The molecule has 3 aromatic rings. The summed E-state index contributed by atoms with van der Waals surface area (Å²) in [6.07, 6.45) is 3.44. The molecule has 0 aliphatic carbocycles. The molecule has 0 spiro atoms. The highest BCUT2D eigenvalue weighted by Crippen LogP contribution is 2.23. The second kappa shape index (κ2) is 5.74. The smallest absolute Gasteiger partial charge is 0.183 e. The van der Waals surface area contributed by atoms with Crippen molar-refractivity contribution in [1.82, 2.24) is 30.2 Å². The summed E-state index contributed by atoms with van der Waals surface area (Å²) in [5.41, 5.74) is 9.08. The number of nitrogens with one attached hydrogen (secondary N) is 2. The third kappa shape index (κ3) is 2.86. The maximum Gasteiger partial charge on any atom is 0.183 e. The minimum Gasteiger partial charge on any atom is -0.382 e.